The summed E-state index contributed by atoms with van der Waals surface area (Å²) in [7, 11) is 0. The maximum absolute atomic E-state index is 10.6. The third-order valence-corrected chi connectivity index (χ3v) is 2.23. The van der Waals surface area contributed by atoms with Gasteiger partial charge in [0.25, 0.3) is 0 Å². The minimum absolute atomic E-state index is 0.0284. The van der Waals surface area contributed by atoms with E-state index in [0.29, 0.717) is 17.0 Å². The first-order valence-electron chi connectivity index (χ1n) is 4.16. The molecule has 2 aromatic rings. The highest BCUT2D eigenvalue weighted by molar-refractivity contribution is 9.10. The molecule has 0 atom stereocenters. The van der Waals surface area contributed by atoms with Crippen molar-refractivity contribution in [3.8, 4) is 0 Å². The summed E-state index contributed by atoms with van der Waals surface area (Å²) >= 11 is 3.18. The third-order valence-electron chi connectivity index (χ3n) is 1.81. The molecule has 0 aliphatic heterocycles. The van der Waals surface area contributed by atoms with E-state index in [2.05, 4.69) is 21.0 Å². The Bertz CT molecular complexity index is 489. The van der Waals surface area contributed by atoms with Crippen molar-refractivity contribution < 1.29 is 14.3 Å². The summed E-state index contributed by atoms with van der Waals surface area (Å²) in [5, 5.41) is 12.5. The van der Waals surface area contributed by atoms with E-state index in [9.17, 15) is 4.79 Å². The zero-order valence-corrected chi connectivity index (χ0v) is 9.14. The summed E-state index contributed by atoms with van der Waals surface area (Å²) in [5.74, 6) is -0.323. The van der Waals surface area contributed by atoms with Crippen LogP contribution in [-0.4, -0.2) is 20.9 Å². The highest BCUT2D eigenvalue weighted by Crippen LogP contribution is 2.14. The van der Waals surface area contributed by atoms with Crippen molar-refractivity contribution in [1.29, 1.82) is 0 Å². The first-order valence-corrected chi connectivity index (χ1v) is 4.95. The average Bonchev–Trinajstić information content (AvgIpc) is 2.76. The summed E-state index contributed by atoms with van der Waals surface area (Å²) in [6, 6.07) is 5.02. The summed E-state index contributed by atoms with van der Waals surface area (Å²) in [6.07, 6.45) is 1.60. The van der Waals surface area contributed by atoms with Crippen molar-refractivity contribution in [1.82, 2.24) is 9.78 Å². The number of furan rings is 1. The molecule has 0 aromatic carbocycles. The molecule has 0 saturated carbocycles. The Hall–Kier alpha value is -1.56. The Morgan fingerprint density at radius 1 is 1.53 bits per heavy atom. The van der Waals surface area contributed by atoms with Crippen molar-refractivity contribution in [2.24, 2.45) is 0 Å². The topological polar surface area (TPSA) is 68.3 Å². The Morgan fingerprint density at radius 2 is 2.33 bits per heavy atom. The van der Waals surface area contributed by atoms with Gasteiger partial charge in [0.05, 0.1) is 6.54 Å². The summed E-state index contributed by atoms with van der Waals surface area (Å²) in [6.45, 7) is 0.416. The van der Waals surface area contributed by atoms with Gasteiger partial charge in [0, 0.05) is 6.20 Å². The lowest BCUT2D eigenvalue weighted by Gasteiger charge is -1.96. The summed E-state index contributed by atoms with van der Waals surface area (Å²) in [5.41, 5.74) is 0.0284. The maximum Gasteiger partial charge on any atom is 0.356 e. The first kappa shape index (κ1) is 9.97. The van der Waals surface area contributed by atoms with Crippen LogP contribution in [0.25, 0.3) is 0 Å². The molecule has 0 bridgehead atoms. The van der Waals surface area contributed by atoms with Gasteiger partial charge in [0.1, 0.15) is 5.76 Å². The molecule has 0 unspecified atom stereocenters. The summed E-state index contributed by atoms with van der Waals surface area (Å²) in [4.78, 5) is 10.6. The maximum atomic E-state index is 10.6. The second-order valence-electron chi connectivity index (χ2n) is 2.91. The normalized spacial score (nSPS) is 10.5. The minimum atomic E-state index is -1.03. The lowest BCUT2D eigenvalue weighted by atomic mass is 10.4. The Morgan fingerprint density at radius 3 is 2.87 bits per heavy atom. The molecule has 0 amide bonds. The largest absolute Gasteiger partial charge is 0.476 e. The van der Waals surface area contributed by atoms with E-state index < -0.39 is 5.97 Å². The van der Waals surface area contributed by atoms with Crippen molar-refractivity contribution in [3.05, 3.63) is 40.5 Å². The van der Waals surface area contributed by atoms with Gasteiger partial charge >= 0.3 is 5.97 Å². The van der Waals surface area contributed by atoms with Crippen LogP contribution in [0.4, 0.5) is 0 Å². The lowest BCUT2D eigenvalue weighted by molar-refractivity contribution is 0.0689. The molecule has 78 valence electrons. The predicted molar refractivity (Wildman–Crippen MR) is 54.7 cm³/mol. The van der Waals surface area contributed by atoms with Crippen molar-refractivity contribution in [2.45, 2.75) is 6.54 Å². The van der Waals surface area contributed by atoms with Gasteiger partial charge in [-0.1, -0.05) is 0 Å². The Kier molecular flexibility index (Phi) is 2.59. The van der Waals surface area contributed by atoms with E-state index in [1.165, 1.54) is 10.7 Å². The standard InChI is InChI=1S/C9H7BrN2O3/c10-8-2-1-6(15-8)5-12-4-3-7(11-12)9(13)14/h1-4H,5H2,(H,13,14). The molecular weight excluding hydrogens is 264 g/mol. The van der Waals surface area contributed by atoms with Gasteiger partial charge in [-0.3, -0.25) is 4.68 Å². The van der Waals surface area contributed by atoms with Crippen LogP contribution in [0.1, 0.15) is 16.2 Å². The molecule has 0 spiro atoms. The number of hydrogen-bond acceptors (Lipinski definition) is 3. The molecule has 0 saturated heterocycles. The number of aromatic nitrogens is 2. The zero-order valence-electron chi connectivity index (χ0n) is 7.55. The smallest absolute Gasteiger partial charge is 0.356 e. The van der Waals surface area contributed by atoms with Gasteiger partial charge in [-0.25, -0.2) is 4.79 Å². The van der Waals surface area contributed by atoms with E-state index >= 15 is 0 Å². The van der Waals surface area contributed by atoms with Crippen LogP contribution in [0.15, 0.2) is 33.5 Å². The Labute approximate surface area is 93.4 Å². The third kappa shape index (κ3) is 2.27. The number of hydrogen-bond donors (Lipinski definition) is 1. The Balaban J connectivity index is 2.14. The zero-order chi connectivity index (χ0) is 10.8. The molecule has 2 rings (SSSR count). The number of carboxylic acid groups (broad SMARTS) is 1. The van der Waals surface area contributed by atoms with Crippen LogP contribution in [-0.2, 0) is 6.54 Å². The van der Waals surface area contributed by atoms with Gasteiger partial charge in [0.2, 0.25) is 0 Å². The molecule has 0 aliphatic carbocycles. The van der Waals surface area contributed by atoms with Gasteiger partial charge < -0.3 is 9.52 Å². The number of halogens is 1. The van der Waals surface area contributed by atoms with Crippen LogP contribution < -0.4 is 0 Å². The molecule has 0 fully saturated rings. The van der Waals surface area contributed by atoms with Crippen LogP contribution in [0, 0.1) is 0 Å². The molecule has 1 N–H and O–H groups in total. The van der Waals surface area contributed by atoms with Crippen LogP contribution in [0.5, 0.6) is 0 Å². The second-order valence-corrected chi connectivity index (χ2v) is 3.69. The fourth-order valence-electron chi connectivity index (χ4n) is 1.16. The highest BCUT2D eigenvalue weighted by atomic mass is 79.9. The van der Waals surface area contributed by atoms with Crippen LogP contribution in [0.3, 0.4) is 0 Å². The molecule has 0 aliphatic rings. The van der Waals surface area contributed by atoms with Gasteiger partial charge in [-0.05, 0) is 34.1 Å². The average molecular weight is 271 g/mol. The molecule has 2 aromatic heterocycles. The molecule has 0 radical (unpaired) electrons. The van der Waals surface area contributed by atoms with E-state index in [0.717, 1.165) is 0 Å². The van der Waals surface area contributed by atoms with Gasteiger partial charge in [-0.2, -0.15) is 5.10 Å². The number of carboxylic acids is 1. The molecular formula is C9H7BrN2O3. The molecule has 6 heteroatoms. The van der Waals surface area contributed by atoms with Crippen molar-refractivity contribution in [3.63, 3.8) is 0 Å². The van der Waals surface area contributed by atoms with E-state index in [-0.39, 0.29) is 5.69 Å². The van der Waals surface area contributed by atoms with Crippen LogP contribution in [0.2, 0.25) is 0 Å². The summed E-state index contributed by atoms with van der Waals surface area (Å²) < 4.78 is 7.42. The lowest BCUT2D eigenvalue weighted by Crippen LogP contribution is -2.03. The number of carbonyl (C=O) groups is 1. The second kappa shape index (κ2) is 3.90. The fourth-order valence-corrected chi connectivity index (χ4v) is 1.50. The predicted octanol–water partition coefficient (Wildman–Crippen LogP) is 1.99. The van der Waals surface area contributed by atoms with E-state index in [1.54, 1.807) is 18.3 Å². The van der Waals surface area contributed by atoms with Crippen LogP contribution >= 0.6 is 15.9 Å². The number of rotatable bonds is 3. The van der Waals surface area contributed by atoms with E-state index in [4.69, 9.17) is 9.52 Å². The molecule has 15 heavy (non-hydrogen) atoms. The first-order chi connectivity index (χ1) is 7.15. The number of aromatic carboxylic acids is 1. The monoisotopic (exact) mass is 270 g/mol. The van der Waals surface area contributed by atoms with Gasteiger partial charge in [0.15, 0.2) is 10.4 Å². The van der Waals surface area contributed by atoms with Gasteiger partial charge in [-0.15, -0.1) is 0 Å². The minimum Gasteiger partial charge on any atom is -0.476 e. The quantitative estimate of drug-likeness (QED) is 0.926. The molecule has 2 heterocycles. The van der Waals surface area contributed by atoms with E-state index in [1.807, 2.05) is 0 Å². The molecule has 5 nitrogen and oxygen atoms in total. The number of nitrogens with zero attached hydrogens (tertiary/aromatic N) is 2. The fraction of sp³-hybridized carbons (Fsp3) is 0.111. The highest BCUT2D eigenvalue weighted by Gasteiger charge is 2.07. The SMILES string of the molecule is O=C(O)c1ccn(Cc2ccc(Br)o2)n1. The van der Waals surface area contributed by atoms with Crippen molar-refractivity contribution in [2.75, 3.05) is 0 Å². The van der Waals surface area contributed by atoms with Crippen molar-refractivity contribution >= 4 is 21.9 Å².